The maximum atomic E-state index is 12.6. The van der Waals surface area contributed by atoms with E-state index in [2.05, 4.69) is 5.32 Å². The van der Waals surface area contributed by atoms with Gasteiger partial charge in [0.05, 0.1) is 6.61 Å². The highest BCUT2D eigenvalue weighted by atomic mass is 35.5. The van der Waals surface area contributed by atoms with Crippen LogP contribution in [0.5, 0.6) is 0 Å². The minimum absolute atomic E-state index is 0.208. The third-order valence-electron chi connectivity index (χ3n) is 3.68. The van der Waals surface area contributed by atoms with Crippen LogP contribution in [0.15, 0.2) is 24.3 Å². The fraction of sp³-hybridized carbons (Fsp3) is 0.438. The Morgan fingerprint density at radius 1 is 1.33 bits per heavy atom. The molecule has 0 aliphatic carbocycles. The molecule has 8 heteroatoms. The molecule has 0 spiro atoms. The fourth-order valence-electron chi connectivity index (χ4n) is 2.56. The molecule has 2 unspecified atom stereocenters. The standard InChI is InChI=1S/C16H20ClN3O4/c1-10(9-24-3)18-14(21)8-19-15(22)11(2)20(16(19)23)13-6-4-12(17)5-7-13/h4-7,10-11H,8-9H2,1-3H3,(H,18,21). The number of rotatable bonds is 6. The van der Waals surface area contributed by atoms with Crippen LogP contribution in [0.3, 0.4) is 0 Å². The topological polar surface area (TPSA) is 79.0 Å². The van der Waals surface area contributed by atoms with Crippen molar-refractivity contribution in [1.29, 1.82) is 0 Å². The van der Waals surface area contributed by atoms with Gasteiger partial charge in [-0.3, -0.25) is 19.4 Å². The van der Waals surface area contributed by atoms with E-state index in [1.54, 1.807) is 38.1 Å². The van der Waals surface area contributed by atoms with E-state index >= 15 is 0 Å². The lowest BCUT2D eigenvalue weighted by Gasteiger charge is -2.19. The first kappa shape index (κ1) is 18.2. The van der Waals surface area contributed by atoms with Crippen molar-refractivity contribution < 1.29 is 19.1 Å². The van der Waals surface area contributed by atoms with Gasteiger partial charge in [0, 0.05) is 23.9 Å². The first-order valence-corrected chi connectivity index (χ1v) is 7.91. The maximum Gasteiger partial charge on any atom is 0.332 e. The van der Waals surface area contributed by atoms with E-state index in [0.29, 0.717) is 17.3 Å². The Morgan fingerprint density at radius 3 is 2.54 bits per heavy atom. The number of anilines is 1. The summed E-state index contributed by atoms with van der Waals surface area (Å²) < 4.78 is 4.94. The first-order chi connectivity index (χ1) is 11.3. The summed E-state index contributed by atoms with van der Waals surface area (Å²) in [4.78, 5) is 39.2. The second-order valence-corrected chi connectivity index (χ2v) is 6.09. The van der Waals surface area contributed by atoms with Gasteiger partial charge < -0.3 is 10.1 Å². The number of benzene rings is 1. The van der Waals surface area contributed by atoms with Gasteiger partial charge in [0.25, 0.3) is 5.91 Å². The first-order valence-electron chi connectivity index (χ1n) is 7.53. The van der Waals surface area contributed by atoms with Gasteiger partial charge in [-0.2, -0.15) is 0 Å². The quantitative estimate of drug-likeness (QED) is 0.789. The molecule has 2 rings (SSSR count). The Labute approximate surface area is 145 Å². The molecule has 0 bridgehead atoms. The van der Waals surface area contributed by atoms with Gasteiger partial charge in [-0.25, -0.2) is 4.79 Å². The number of halogens is 1. The number of urea groups is 1. The molecule has 0 radical (unpaired) electrons. The van der Waals surface area contributed by atoms with Crippen LogP contribution in [0.4, 0.5) is 10.5 Å². The molecule has 130 valence electrons. The number of nitrogens with zero attached hydrogens (tertiary/aromatic N) is 2. The van der Waals surface area contributed by atoms with Crippen molar-refractivity contribution in [3.05, 3.63) is 29.3 Å². The Morgan fingerprint density at radius 2 is 1.96 bits per heavy atom. The number of amides is 4. The summed E-state index contributed by atoms with van der Waals surface area (Å²) in [5, 5.41) is 3.21. The molecule has 1 aliphatic heterocycles. The summed E-state index contributed by atoms with van der Waals surface area (Å²) in [7, 11) is 1.53. The van der Waals surface area contributed by atoms with Gasteiger partial charge in [0.2, 0.25) is 5.91 Å². The molecule has 24 heavy (non-hydrogen) atoms. The van der Waals surface area contributed by atoms with Gasteiger partial charge in [0.1, 0.15) is 12.6 Å². The molecule has 0 aromatic heterocycles. The van der Waals surface area contributed by atoms with Crippen LogP contribution in [0.2, 0.25) is 5.02 Å². The zero-order valence-electron chi connectivity index (χ0n) is 13.8. The molecule has 4 amide bonds. The molecule has 1 heterocycles. The Balaban J connectivity index is 2.09. The third-order valence-corrected chi connectivity index (χ3v) is 3.93. The third kappa shape index (κ3) is 3.85. The van der Waals surface area contributed by atoms with Crippen LogP contribution < -0.4 is 10.2 Å². The lowest BCUT2D eigenvalue weighted by molar-refractivity contribution is -0.132. The molecule has 7 nitrogen and oxygen atoms in total. The number of nitrogens with one attached hydrogen (secondary N) is 1. The van der Waals surface area contributed by atoms with Gasteiger partial charge >= 0.3 is 6.03 Å². The molecular weight excluding hydrogens is 334 g/mol. The molecular formula is C16H20ClN3O4. The van der Waals surface area contributed by atoms with Crippen LogP contribution >= 0.6 is 11.6 Å². The van der Waals surface area contributed by atoms with E-state index in [4.69, 9.17) is 16.3 Å². The van der Waals surface area contributed by atoms with E-state index in [0.717, 1.165) is 4.90 Å². The normalized spacial score (nSPS) is 18.9. The smallest absolute Gasteiger partial charge is 0.332 e. The number of carbonyl (C=O) groups is 3. The number of hydrogen-bond donors (Lipinski definition) is 1. The van der Waals surface area contributed by atoms with Crippen molar-refractivity contribution in [2.45, 2.75) is 25.9 Å². The second-order valence-electron chi connectivity index (χ2n) is 5.65. The average Bonchev–Trinajstić information content (AvgIpc) is 2.72. The molecule has 1 aromatic carbocycles. The largest absolute Gasteiger partial charge is 0.383 e. The number of carbonyl (C=O) groups excluding carboxylic acids is 3. The highest BCUT2D eigenvalue weighted by Crippen LogP contribution is 2.26. The number of imide groups is 1. The van der Waals surface area contributed by atoms with Crippen LogP contribution in [0, 0.1) is 0 Å². The van der Waals surface area contributed by atoms with Crippen molar-refractivity contribution in [2.75, 3.05) is 25.2 Å². The molecule has 1 N–H and O–H groups in total. The molecule has 2 atom stereocenters. The van der Waals surface area contributed by atoms with Gasteiger partial charge in [-0.1, -0.05) is 11.6 Å². The van der Waals surface area contributed by atoms with Crippen molar-refractivity contribution in [1.82, 2.24) is 10.2 Å². The summed E-state index contributed by atoms with van der Waals surface area (Å²) in [6, 6.07) is 5.20. The summed E-state index contributed by atoms with van der Waals surface area (Å²) in [6.07, 6.45) is 0. The molecule has 1 fully saturated rings. The Bertz CT molecular complexity index is 635. The molecule has 0 saturated carbocycles. The maximum absolute atomic E-state index is 12.6. The van der Waals surface area contributed by atoms with Crippen LogP contribution in [0.1, 0.15) is 13.8 Å². The second kappa shape index (κ2) is 7.63. The van der Waals surface area contributed by atoms with Crippen molar-refractivity contribution >= 4 is 35.1 Å². The van der Waals surface area contributed by atoms with Gasteiger partial charge in [-0.05, 0) is 38.1 Å². The minimum Gasteiger partial charge on any atom is -0.383 e. The van der Waals surface area contributed by atoms with Gasteiger partial charge in [0.15, 0.2) is 0 Å². The Hall–Kier alpha value is -2.12. The summed E-state index contributed by atoms with van der Waals surface area (Å²) >= 11 is 5.85. The summed E-state index contributed by atoms with van der Waals surface area (Å²) in [5.41, 5.74) is 0.556. The number of ether oxygens (including phenoxy) is 1. The summed E-state index contributed by atoms with van der Waals surface area (Å²) in [5.74, 6) is -0.823. The highest BCUT2D eigenvalue weighted by Gasteiger charge is 2.44. The predicted octanol–water partition coefficient (Wildman–Crippen LogP) is 1.65. The number of hydrogen-bond acceptors (Lipinski definition) is 4. The SMILES string of the molecule is COCC(C)NC(=O)CN1C(=O)C(C)N(c2ccc(Cl)cc2)C1=O. The van der Waals surface area contributed by atoms with E-state index < -0.39 is 23.9 Å². The van der Waals surface area contributed by atoms with Crippen molar-refractivity contribution in [2.24, 2.45) is 0 Å². The summed E-state index contributed by atoms with van der Waals surface area (Å²) in [6.45, 7) is 3.43. The van der Waals surface area contributed by atoms with Crippen LogP contribution in [0.25, 0.3) is 0 Å². The monoisotopic (exact) mass is 353 g/mol. The van der Waals surface area contributed by atoms with E-state index in [9.17, 15) is 14.4 Å². The molecule has 1 aromatic rings. The zero-order valence-corrected chi connectivity index (χ0v) is 14.5. The van der Waals surface area contributed by atoms with E-state index in [-0.39, 0.29) is 12.6 Å². The van der Waals surface area contributed by atoms with Crippen LogP contribution in [-0.2, 0) is 14.3 Å². The van der Waals surface area contributed by atoms with Crippen LogP contribution in [-0.4, -0.2) is 55.1 Å². The average molecular weight is 354 g/mol. The lowest BCUT2D eigenvalue weighted by atomic mass is 10.2. The minimum atomic E-state index is -0.678. The zero-order chi connectivity index (χ0) is 17.9. The highest BCUT2D eigenvalue weighted by molar-refractivity contribution is 6.30. The van der Waals surface area contributed by atoms with Crippen molar-refractivity contribution in [3.63, 3.8) is 0 Å². The molecule has 1 saturated heterocycles. The lowest BCUT2D eigenvalue weighted by Crippen LogP contribution is -2.45. The van der Waals surface area contributed by atoms with E-state index in [1.165, 1.54) is 12.0 Å². The number of methoxy groups -OCH3 is 1. The molecule has 1 aliphatic rings. The van der Waals surface area contributed by atoms with Crippen molar-refractivity contribution in [3.8, 4) is 0 Å². The predicted molar refractivity (Wildman–Crippen MR) is 90.0 cm³/mol. The Kier molecular flexibility index (Phi) is 5.80. The van der Waals surface area contributed by atoms with Gasteiger partial charge in [-0.15, -0.1) is 0 Å². The fourth-order valence-corrected chi connectivity index (χ4v) is 2.69. The van der Waals surface area contributed by atoms with E-state index in [1.807, 2.05) is 0 Å².